The largest absolute Gasteiger partial charge is 0.486 e. The number of hydrogen-bond acceptors (Lipinski definition) is 5. The fourth-order valence-corrected chi connectivity index (χ4v) is 3.96. The van der Waals surface area contributed by atoms with Crippen molar-refractivity contribution in [2.24, 2.45) is 0 Å². The van der Waals surface area contributed by atoms with E-state index in [2.05, 4.69) is 5.32 Å². The first kappa shape index (κ1) is 28.3. The number of halogens is 5. The van der Waals surface area contributed by atoms with Crippen molar-refractivity contribution in [3.8, 4) is 29.4 Å². The Morgan fingerprint density at radius 3 is 2.11 bits per heavy atom. The molecule has 1 atom stereocenters. The summed E-state index contributed by atoms with van der Waals surface area (Å²) in [6.45, 7) is 4.62. The molecule has 0 heterocycles. The number of carbonyl (C=O) groups excluding carboxylic acids is 1. The van der Waals surface area contributed by atoms with Crippen LogP contribution in [0.5, 0.6) is 17.2 Å². The van der Waals surface area contributed by atoms with Crippen LogP contribution in [0.2, 0.25) is 0 Å². The molecule has 0 aliphatic carbocycles. The molecule has 12 heteroatoms. The minimum atomic E-state index is -9.89. The highest BCUT2D eigenvalue weighted by Crippen LogP contribution is 3.02. The van der Waals surface area contributed by atoms with Crippen LogP contribution in [0.15, 0.2) is 65.6 Å². The van der Waals surface area contributed by atoms with Crippen LogP contribution < -0.4 is 14.8 Å². The molecule has 0 spiro atoms. The average molecular weight is 552 g/mol. The summed E-state index contributed by atoms with van der Waals surface area (Å²) in [5.41, 5.74) is 0.0258. The highest BCUT2D eigenvalue weighted by molar-refractivity contribution is 8.45. The van der Waals surface area contributed by atoms with Gasteiger partial charge in [0.15, 0.2) is 17.0 Å². The standard InChI is InChI=1S/C26H22F5N3O3S/c1-17-4-10-22(18(2)12-17)37-23-11-5-19(14-32)13-24(23)36-16-26(3,15-33)34-25(35)20-6-8-21(9-7-20)38(27,28,29,30)31/h4-13H,16H2,1-3H3,(H,34,35). The fourth-order valence-electron chi connectivity index (χ4n) is 3.31. The van der Waals surface area contributed by atoms with Crippen molar-refractivity contribution < 1.29 is 33.7 Å². The number of benzene rings is 3. The van der Waals surface area contributed by atoms with Gasteiger partial charge >= 0.3 is 10.2 Å². The maximum Gasteiger partial charge on any atom is 0.310 e. The summed E-state index contributed by atoms with van der Waals surface area (Å²) in [5.74, 6) is -0.130. The van der Waals surface area contributed by atoms with E-state index >= 15 is 0 Å². The van der Waals surface area contributed by atoms with E-state index < -0.39 is 33.2 Å². The second-order valence-corrected chi connectivity index (χ2v) is 11.2. The van der Waals surface area contributed by atoms with Gasteiger partial charge in [-0.3, -0.25) is 4.79 Å². The van der Waals surface area contributed by atoms with Crippen LogP contribution in [0.1, 0.15) is 34.0 Å². The third-order valence-corrected chi connectivity index (χ3v) is 6.50. The molecule has 3 rings (SSSR count). The summed E-state index contributed by atoms with van der Waals surface area (Å²) in [6, 6.07) is 15.1. The number of rotatable bonds is 8. The topological polar surface area (TPSA) is 95.1 Å². The van der Waals surface area contributed by atoms with E-state index in [1.54, 1.807) is 6.07 Å². The molecule has 38 heavy (non-hydrogen) atoms. The molecule has 1 amide bonds. The van der Waals surface area contributed by atoms with Crippen LogP contribution in [-0.2, 0) is 0 Å². The van der Waals surface area contributed by atoms with Crippen molar-refractivity contribution in [3.05, 3.63) is 82.9 Å². The average Bonchev–Trinajstić information content (AvgIpc) is 2.83. The van der Waals surface area contributed by atoms with Crippen LogP contribution >= 0.6 is 10.2 Å². The molecule has 0 radical (unpaired) electrons. The highest BCUT2D eigenvalue weighted by Gasteiger charge is 2.65. The molecule has 200 valence electrons. The number of carbonyl (C=O) groups is 1. The maximum absolute atomic E-state index is 12.9. The quantitative estimate of drug-likeness (QED) is 0.289. The molecule has 0 aliphatic heterocycles. The number of hydrogen-bond donors (Lipinski definition) is 1. The van der Waals surface area contributed by atoms with E-state index in [0.29, 0.717) is 17.9 Å². The first-order valence-electron chi connectivity index (χ1n) is 10.9. The number of ether oxygens (including phenoxy) is 2. The maximum atomic E-state index is 12.9. The molecule has 1 unspecified atom stereocenters. The first-order valence-corrected chi connectivity index (χ1v) is 12.9. The molecule has 0 saturated heterocycles. The van der Waals surface area contributed by atoms with Gasteiger partial charge in [0.1, 0.15) is 17.3 Å². The molecule has 3 aromatic carbocycles. The highest BCUT2D eigenvalue weighted by atomic mass is 32.5. The lowest BCUT2D eigenvalue weighted by Crippen LogP contribution is -2.49. The monoisotopic (exact) mass is 551 g/mol. The van der Waals surface area contributed by atoms with Gasteiger partial charge in [-0.2, -0.15) is 10.5 Å². The van der Waals surface area contributed by atoms with Crippen LogP contribution in [0.25, 0.3) is 0 Å². The van der Waals surface area contributed by atoms with Crippen LogP contribution in [-0.4, -0.2) is 18.1 Å². The lowest BCUT2D eigenvalue weighted by atomic mass is 10.0. The molecule has 1 N–H and O–H groups in total. The molecular weight excluding hydrogens is 529 g/mol. The van der Waals surface area contributed by atoms with Crippen molar-refractivity contribution in [2.45, 2.75) is 31.2 Å². The Kier molecular flexibility index (Phi) is 6.87. The Bertz CT molecular complexity index is 1480. The Hall–Kier alpha value is -4.29. The Balaban J connectivity index is 1.80. The molecule has 0 aliphatic rings. The van der Waals surface area contributed by atoms with Gasteiger partial charge in [0.2, 0.25) is 0 Å². The van der Waals surface area contributed by atoms with Gasteiger partial charge in [-0.05, 0) is 68.8 Å². The normalized spacial score (nSPS) is 14.6. The van der Waals surface area contributed by atoms with Crippen molar-refractivity contribution in [1.29, 1.82) is 10.5 Å². The third kappa shape index (κ3) is 6.93. The molecule has 6 nitrogen and oxygen atoms in total. The summed E-state index contributed by atoms with van der Waals surface area (Å²) < 4.78 is 76.4. The summed E-state index contributed by atoms with van der Waals surface area (Å²) in [7, 11) is -9.89. The van der Waals surface area contributed by atoms with Gasteiger partial charge in [0, 0.05) is 11.6 Å². The number of aryl methyl sites for hydroxylation is 2. The SMILES string of the molecule is Cc1ccc(Oc2ccc(C#N)cc2OCC(C)(C#N)NC(=O)c2ccc(S(F)(F)(F)(F)F)cc2)c(C)c1. The molecule has 0 aromatic heterocycles. The molecule has 3 aromatic rings. The van der Waals surface area contributed by atoms with E-state index in [9.17, 15) is 34.7 Å². The predicted molar refractivity (Wildman–Crippen MR) is 132 cm³/mol. The van der Waals surface area contributed by atoms with Gasteiger partial charge in [-0.25, -0.2) is 0 Å². The van der Waals surface area contributed by atoms with Crippen LogP contribution in [0.3, 0.4) is 0 Å². The van der Waals surface area contributed by atoms with E-state index in [4.69, 9.17) is 9.47 Å². The first-order chi connectivity index (χ1) is 17.4. The summed E-state index contributed by atoms with van der Waals surface area (Å²) in [5, 5.41) is 21.3. The van der Waals surface area contributed by atoms with Gasteiger partial charge in [-0.1, -0.05) is 37.1 Å². The summed E-state index contributed by atoms with van der Waals surface area (Å²) in [6.07, 6.45) is 0. The summed E-state index contributed by atoms with van der Waals surface area (Å²) >= 11 is 0. The smallest absolute Gasteiger partial charge is 0.310 e. The molecule has 0 bridgehead atoms. The van der Waals surface area contributed by atoms with E-state index in [1.807, 2.05) is 38.1 Å². The van der Waals surface area contributed by atoms with Gasteiger partial charge < -0.3 is 14.8 Å². The number of nitrogens with one attached hydrogen (secondary N) is 1. The van der Waals surface area contributed by atoms with E-state index in [1.165, 1.54) is 25.1 Å². The van der Waals surface area contributed by atoms with Crippen molar-refractivity contribution >= 4 is 16.1 Å². The van der Waals surface area contributed by atoms with Crippen molar-refractivity contribution in [3.63, 3.8) is 0 Å². The molecule has 0 saturated carbocycles. The van der Waals surface area contributed by atoms with Crippen molar-refractivity contribution in [1.82, 2.24) is 5.32 Å². The zero-order valence-electron chi connectivity index (χ0n) is 20.4. The predicted octanol–water partition coefficient (Wildman–Crippen LogP) is 7.72. The van der Waals surface area contributed by atoms with Gasteiger partial charge in [-0.15, -0.1) is 0 Å². The number of amides is 1. The zero-order chi connectivity index (χ0) is 28.4. The van der Waals surface area contributed by atoms with E-state index in [-0.39, 0.29) is 34.8 Å². The lowest BCUT2D eigenvalue weighted by Gasteiger charge is -2.40. The van der Waals surface area contributed by atoms with Crippen molar-refractivity contribution in [2.75, 3.05) is 6.61 Å². The van der Waals surface area contributed by atoms with Gasteiger partial charge in [0.25, 0.3) is 5.91 Å². The Morgan fingerprint density at radius 1 is 0.921 bits per heavy atom. The Labute approximate surface area is 215 Å². The minimum absolute atomic E-state index is 0.0972. The van der Waals surface area contributed by atoms with E-state index in [0.717, 1.165) is 11.1 Å². The summed E-state index contributed by atoms with van der Waals surface area (Å²) in [4.78, 5) is 10.4. The van der Waals surface area contributed by atoms with Crippen LogP contribution in [0.4, 0.5) is 19.4 Å². The minimum Gasteiger partial charge on any atom is -0.486 e. The lowest BCUT2D eigenvalue weighted by molar-refractivity contribution is 0.0900. The number of nitriles is 2. The number of nitrogens with zero attached hydrogens (tertiary/aromatic N) is 2. The third-order valence-electron chi connectivity index (χ3n) is 5.34. The zero-order valence-corrected chi connectivity index (χ0v) is 21.2. The Morgan fingerprint density at radius 2 is 1.55 bits per heavy atom. The second kappa shape index (κ2) is 9.23. The van der Waals surface area contributed by atoms with Gasteiger partial charge in [0.05, 0.1) is 17.7 Å². The molecule has 0 fully saturated rings. The fraction of sp³-hybridized carbons (Fsp3) is 0.192. The molecular formula is C26H22F5N3O3S. The van der Waals surface area contributed by atoms with Crippen LogP contribution in [0, 0.1) is 36.5 Å². The second-order valence-electron chi connectivity index (χ2n) is 8.82.